The normalized spacial score (nSPS) is 16.3. The van der Waals surface area contributed by atoms with Crippen molar-refractivity contribution < 1.29 is 28.7 Å². The van der Waals surface area contributed by atoms with Gasteiger partial charge in [-0.2, -0.15) is 0 Å². The van der Waals surface area contributed by atoms with E-state index in [2.05, 4.69) is 21.3 Å². The minimum atomic E-state index is -0.993. The van der Waals surface area contributed by atoms with Gasteiger partial charge in [-0.3, -0.25) is 14.4 Å². The third-order valence-corrected chi connectivity index (χ3v) is 6.54. The molecular weight excluding hydrogens is 548 g/mol. The fourth-order valence-electron chi connectivity index (χ4n) is 4.33. The van der Waals surface area contributed by atoms with E-state index in [4.69, 9.17) is 9.47 Å². The van der Waals surface area contributed by atoms with Crippen molar-refractivity contribution in [3.63, 3.8) is 0 Å². The van der Waals surface area contributed by atoms with E-state index in [1.165, 1.54) is 0 Å². The lowest BCUT2D eigenvalue weighted by molar-refractivity contribution is -0.129. The Kier molecular flexibility index (Phi) is 10.5. The highest BCUT2D eigenvalue weighted by molar-refractivity contribution is 6.02. The largest absolute Gasteiger partial charge is 0.444 e. The van der Waals surface area contributed by atoms with E-state index >= 15 is 0 Å². The van der Waals surface area contributed by atoms with Gasteiger partial charge in [-0.05, 0) is 56.0 Å². The molecule has 0 bridgehead atoms. The van der Waals surface area contributed by atoms with Gasteiger partial charge < -0.3 is 30.7 Å². The summed E-state index contributed by atoms with van der Waals surface area (Å²) in [5, 5.41) is 11.1. The molecule has 226 valence electrons. The molecule has 0 radical (unpaired) electrons. The second-order valence-electron chi connectivity index (χ2n) is 11.3. The molecule has 4 rings (SSSR count). The highest BCUT2D eigenvalue weighted by atomic mass is 16.6. The molecule has 43 heavy (non-hydrogen) atoms. The molecule has 0 spiro atoms. The second-order valence-corrected chi connectivity index (χ2v) is 11.3. The van der Waals surface area contributed by atoms with Gasteiger partial charge in [0, 0.05) is 25.2 Å². The van der Waals surface area contributed by atoms with Crippen molar-refractivity contribution in [2.45, 2.75) is 64.0 Å². The smallest absolute Gasteiger partial charge is 0.407 e. The van der Waals surface area contributed by atoms with Gasteiger partial charge in [0.1, 0.15) is 11.6 Å². The molecule has 10 nitrogen and oxygen atoms in total. The minimum Gasteiger partial charge on any atom is -0.444 e. The second kappa shape index (κ2) is 14.5. The van der Waals surface area contributed by atoms with Gasteiger partial charge in [0.15, 0.2) is 12.2 Å². The number of nitrogens with one attached hydrogen (secondary N) is 4. The Balaban J connectivity index is 1.26. The Morgan fingerprint density at radius 3 is 2.00 bits per heavy atom. The highest BCUT2D eigenvalue weighted by Crippen LogP contribution is 2.24. The van der Waals surface area contributed by atoms with Crippen LogP contribution in [0, 0.1) is 0 Å². The molecule has 0 aliphatic carbocycles. The number of hydrogen-bond acceptors (Lipinski definition) is 6. The van der Waals surface area contributed by atoms with Crippen molar-refractivity contribution in [2.24, 2.45) is 0 Å². The maximum Gasteiger partial charge on any atom is 0.407 e. The number of alkyl carbamates (subject to hydrolysis) is 1. The summed E-state index contributed by atoms with van der Waals surface area (Å²) >= 11 is 0. The van der Waals surface area contributed by atoms with E-state index in [0.29, 0.717) is 25.1 Å². The number of hydrogen-bond donors (Lipinski definition) is 4. The Bertz CT molecular complexity index is 1390. The number of carbonyl (C=O) groups is 4. The molecule has 3 atom stereocenters. The highest BCUT2D eigenvalue weighted by Gasteiger charge is 2.51. The first-order valence-electron chi connectivity index (χ1n) is 14.3. The predicted molar refractivity (Wildman–Crippen MR) is 162 cm³/mol. The van der Waals surface area contributed by atoms with Crippen LogP contribution in [0.25, 0.3) is 0 Å². The lowest BCUT2D eigenvalue weighted by atomic mass is 10.0. The first-order chi connectivity index (χ1) is 20.6. The molecule has 1 fully saturated rings. The summed E-state index contributed by atoms with van der Waals surface area (Å²) in [6.45, 7) is 6.05. The average Bonchev–Trinajstić information content (AvgIpc) is 3.78. The van der Waals surface area contributed by atoms with Crippen LogP contribution in [-0.4, -0.2) is 54.2 Å². The molecule has 4 N–H and O–H groups in total. The third kappa shape index (κ3) is 10.3. The lowest BCUT2D eigenvalue weighted by Gasteiger charge is -2.19. The quantitative estimate of drug-likeness (QED) is 0.240. The number of carbonyl (C=O) groups excluding carboxylic acids is 4. The van der Waals surface area contributed by atoms with Crippen LogP contribution in [0.5, 0.6) is 0 Å². The van der Waals surface area contributed by atoms with Crippen molar-refractivity contribution >= 4 is 29.5 Å². The molecule has 1 saturated heterocycles. The molecule has 1 aliphatic rings. The molecule has 1 aliphatic heterocycles. The molecule has 4 amide bonds. The fraction of sp³-hybridized carbons (Fsp3) is 0.333. The zero-order chi connectivity index (χ0) is 30.8. The molecule has 0 saturated carbocycles. The summed E-state index contributed by atoms with van der Waals surface area (Å²) in [4.78, 5) is 50.6. The van der Waals surface area contributed by atoms with Crippen molar-refractivity contribution in [2.75, 3.05) is 11.9 Å². The summed E-state index contributed by atoms with van der Waals surface area (Å²) in [7, 11) is 0. The number of anilines is 1. The van der Waals surface area contributed by atoms with E-state index in [-0.39, 0.29) is 12.5 Å². The van der Waals surface area contributed by atoms with Gasteiger partial charge in [0.2, 0.25) is 5.91 Å². The van der Waals surface area contributed by atoms with Crippen LogP contribution in [0.3, 0.4) is 0 Å². The maximum atomic E-state index is 13.1. The Morgan fingerprint density at radius 1 is 0.767 bits per heavy atom. The van der Waals surface area contributed by atoms with Gasteiger partial charge in [-0.1, -0.05) is 72.8 Å². The summed E-state index contributed by atoms with van der Waals surface area (Å²) in [6.07, 6.45) is -1.52. The zero-order valence-electron chi connectivity index (χ0n) is 24.6. The van der Waals surface area contributed by atoms with Crippen molar-refractivity contribution in [1.29, 1.82) is 0 Å². The Hall–Kier alpha value is -4.70. The average molecular weight is 587 g/mol. The van der Waals surface area contributed by atoms with Crippen molar-refractivity contribution in [1.82, 2.24) is 16.0 Å². The molecule has 3 aromatic carbocycles. The maximum absolute atomic E-state index is 13.1. The van der Waals surface area contributed by atoms with Gasteiger partial charge in [0.25, 0.3) is 11.8 Å². The lowest BCUT2D eigenvalue weighted by Crippen LogP contribution is -2.50. The van der Waals surface area contributed by atoms with Crippen LogP contribution in [0.1, 0.15) is 37.5 Å². The van der Waals surface area contributed by atoms with Crippen LogP contribution in [0.15, 0.2) is 84.9 Å². The summed E-state index contributed by atoms with van der Waals surface area (Å²) in [5.41, 5.74) is 2.73. The summed E-state index contributed by atoms with van der Waals surface area (Å²) in [5.74, 6) is -1.30. The van der Waals surface area contributed by atoms with Gasteiger partial charge in [-0.25, -0.2) is 4.79 Å². The van der Waals surface area contributed by atoms with Crippen molar-refractivity contribution in [3.8, 4) is 0 Å². The molecule has 0 aromatic heterocycles. The molecule has 10 heteroatoms. The monoisotopic (exact) mass is 586 g/mol. The van der Waals surface area contributed by atoms with Crippen LogP contribution in [0.4, 0.5) is 10.5 Å². The van der Waals surface area contributed by atoms with Crippen LogP contribution >= 0.6 is 0 Å². The number of benzene rings is 3. The minimum absolute atomic E-state index is 0.265. The first kappa shape index (κ1) is 31.2. The topological polar surface area (TPSA) is 138 Å². The van der Waals surface area contributed by atoms with Crippen LogP contribution in [-0.2, 0) is 43.2 Å². The number of rotatable bonds is 12. The molecule has 1 heterocycles. The first-order valence-corrected chi connectivity index (χ1v) is 14.3. The third-order valence-electron chi connectivity index (χ3n) is 6.54. The Morgan fingerprint density at radius 2 is 1.37 bits per heavy atom. The number of ether oxygens (including phenoxy) is 2. The Labute approximate surface area is 251 Å². The van der Waals surface area contributed by atoms with Crippen LogP contribution < -0.4 is 21.3 Å². The number of epoxide rings is 1. The van der Waals surface area contributed by atoms with Crippen LogP contribution in [0.2, 0.25) is 0 Å². The molecule has 0 unspecified atom stereocenters. The standard InChI is InChI=1S/C33H38N4O6/c1-33(2,3)43-32(41)35-21-24-14-16-25(17-15-24)36-30(39)27-28(42-27)31(40)37-26(20-23-12-8-5-9-13-23)29(38)34-19-18-22-10-6-4-7-11-22/h4-17,26-28H,18-21H2,1-3H3,(H,34,38)(H,35,41)(H,36,39)(H,37,40)/t26-,27-,28-/m0/s1. The summed E-state index contributed by atoms with van der Waals surface area (Å²) in [6, 6.07) is 25.3. The van der Waals surface area contributed by atoms with Crippen molar-refractivity contribution in [3.05, 3.63) is 102 Å². The van der Waals surface area contributed by atoms with E-state index in [0.717, 1.165) is 16.7 Å². The van der Waals surface area contributed by atoms with E-state index in [1.807, 2.05) is 60.7 Å². The van der Waals surface area contributed by atoms with E-state index < -0.39 is 41.8 Å². The molecule has 3 aromatic rings. The molecular formula is C33H38N4O6. The zero-order valence-corrected chi connectivity index (χ0v) is 24.6. The number of amides is 4. The fourth-order valence-corrected chi connectivity index (χ4v) is 4.33. The van der Waals surface area contributed by atoms with E-state index in [9.17, 15) is 19.2 Å². The predicted octanol–water partition coefficient (Wildman–Crippen LogP) is 3.50. The van der Waals surface area contributed by atoms with Gasteiger partial charge >= 0.3 is 6.09 Å². The summed E-state index contributed by atoms with van der Waals surface area (Å²) < 4.78 is 10.6. The van der Waals surface area contributed by atoms with Gasteiger partial charge in [0.05, 0.1) is 0 Å². The SMILES string of the molecule is CC(C)(C)OC(=O)NCc1ccc(NC(=O)[C@H]2O[C@@H]2C(=O)N[C@@H](Cc2ccccc2)C(=O)NCCc2ccccc2)cc1. The van der Waals surface area contributed by atoms with E-state index in [1.54, 1.807) is 45.0 Å². The van der Waals surface area contributed by atoms with Gasteiger partial charge in [-0.15, -0.1) is 0 Å².